The Hall–Kier alpha value is -2.53. The highest BCUT2D eigenvalue weighted by Gasteiger charge is 2.31. The molecule has 1 heterocycles. The van der Waals surface area contributed by atoms with Crippen LogP contribution in [0.5, 0.6) is 11.5 Å². The van der Waals surface area contributed by atoms with Crippen LogP contribution in [-0.4, -0.2) is 32.7 Å². The second-order valence-electron chi connectivity index (χ2n) is 6.20. The third-order valence-corrected chi connectivity index (χ3v) is 4.51. The fourth-order valence-electron chi connectivity index (χ4n) is 3.07. The van der Waals surface area contributed by atoms with E-state index >= 15 is 0 Å². The standard InChI is InChI=1S/C20H24N2O3/c1-24-17-9-7-16(8-10-17)22-20(23)19-11-12-21-13-15(19)14-25-18-5-3-2-4-6-18/h2-10,15,19,21H,11-14H2,1H3,(H,22,23). The van der Waals surface area contributed by atoms with Gasteiger partial charge in [-0.05, 0) is 49.4 Å². The number of methoxy groups -OCH3 is 1. The number of piperidine rings is 1. The van der Waals surface area contributed by atoms with E-state index in [1.807, 2.05) is 54.6 Å². The molecule has 0 bridgehead atoms. The van der Waals surface area contributed by atoms with E-state index in [9.17, 15) is 4.79 Å². The third-order valence-electron chi connectivity index (χ3n) is 4.51. The maximum atomic E-state index is 12.7. The van der Waals surface area contributed by atoms with Crippen LogP contribution in [0.4, 0.5) is 5.69 Å². The molecular formula is C20H24N2O3. The first-order valence-corrected chi connectivity index (χ1v) is 8.60. The van der Waals surface area contributed by atoms with Crippen molar-refractivity contribution in [2.45, 2.75) is 6.42 Å². The monoisotopic (exact) mass is 340 g/mol. The SMILES string of the molecule is COc1ccc(NC(=O)C2CCNCC2COc2ccccc2)cc1. The summed E-state index contributed by atoms with van der Waals surface area (Å²) in [6, 6.07) is 17.1. The number of para-hydroxylation sites is 1. The Balaban J connectivity index is 1.60. The van der Waals surface area contributed by atoms with Gasteiger partial charge in [-0.3, -0.25) is 4.79 Å². The van der Waals surface area contributed by atoms with Crippen molar-refractivity contribution in [3.05, 3.63) is 54.6 Å². The van der Waals surface area contributed by atoms with Gasteiger partial charge in [-0.2, -0.15) is 0 Å². The Morgan fingerprint density at radius 2 is 1.88 bits per heavy atom. The summed E-state index contributed by atoms with van der Waals surface area (Å²) in [5, 5.41) is 6.37. The molecule has 2 unspecified atom stereocenters. The Morgan fingerprint density at radius 1 is 1.12 bits per heavy atom. The topological polar surface area (TPSA) is 59.6 Å². The predicted octanol–water partition coefficient (Wildman–Crippen LogP) is 2.94. The second kappa shape index (κ2) is 8.53. The lowest BCUT2D eigenvalue weighted by atomic mass is 9.86. The molecule has 1 aliphatic heterocycles. The highest BCUT2D eigenvalue weighted by molar-refractivity contribution is 5.92. The lowest BCUT2D eigenvalue weighted by Gasteiger charge is -2.31. The number of carbonyl (C=O) groups excluding carboxylic acids is 1. The Bertz CT molecular complexity index is 673. The molecule has 1 aliphatic rings. The molecule has 2 N–H and O–H groups in total. The molecule has 25 heavy (non-hydrogen) atoms. The first kappa shape index (κ1) is 17.3. The molecule has 5 heteroatoms. The number of ether oxygens (including phenoxy) is 2. The van der Waals surface area contributed by atoms with Gasteiger partial charge in [-0.1, -0.05) is 18.2 Å². The zero-order valence-electron chi connectivity index (χ0n) is 14.4. The van der Waals surface area contributed by atoms with E-state index in [1.165, 1.54) is 0 Å². The lowest BCUT2D eigenvalue weighted by Crippen LogP contribution is -2.44. The van der Waals surface area contributed by atoms with Crippen LogP contribution in [0, 0.1) is 11.8 Å². The van der Waals surface area contributed by atoms with Gasteiger partial charge in [0.1, 0.15) is 11.5 Å². The Labute approximate surface area is 148 Å². The van der Waals surface area contributed by atoms with Crippen molar-refractivity contribution in [3.8, 4) is 11.5 Å². The minimum atomic E-state index is -0.0629. The summed E-state index contributed by atoms with van der Waals surface area (Å²) in [6.45, 7) is 2.16. The smallest absolute Gasteiger partial charge is 0.227 e. The number of rotatable bonds is 6. The fraction of sp³-hybridized carbons (Fsp3) is 0.350. The van der Waals surface area contributed by atoms with Gasteiger partial charge in [-0.25, -0.2) is 0 Å². The van der Waals surface area contributed by atoms with Gasteiger partial charge in [0.25, 0.3) is 0 Å². The summed E-state index contributed by atoms with van der Waals surface area (Å²) in [5.41, 5.74) is 0.784. The average molecular weight is 340 g/mol. The fourth-order valence-corrected chi connectivity index (χ4v) is 3.07. The summed E-state index contributed by atoms with van der Waals surface area (Å²) < 4.78 is 11.0. The van der Waals surface area contributed by atoms with Crippen LogP contribution < -0.4 is 20.1 Å². The van der Waals surface area contributed by atoms with Crippen LogP contribution in [0.3, 0.4) is 0 Å². The zero-order chi connectivity index (χ0) is 17.5. The molecule has 3 rings (SSSR count). The quantitative estimate of drug-likeness (QED) is 0.849. The molecule has 2 aromatic carbocycles. The molecule has 0 spiro atoms. The molecule has 1 fully saturated rings. The van der Waals surface area contributed by atoms with Gasteiger partial charge in [-0.15, -0.1) is 0 Å². The first-order valence-electron chi connectivity index (χ1n) is 8.60. The molecule has 0 radical (unpaired) electrons. The molecular weight excluding hydrogens is 316 g/mol. The molecule has 1 amide bonds. The van der Waals surface area contributed by atoms with E-state index in [4.69, 9.17) is 9.47 Å². The molecule has 132 valence electrons. The number of carbonyl (C=O) groups is 1. The number of anilines is 1. The summed E-state index contributed by atoms with van der Waals surface area (Å²) >= 11 is 0. The van der Waals surface area contributed by atoms with E-state index in [1.54, 1.807) is 7.11 Å². The van der Waals surface area contributed by atoms with E-state index < -0.39 is 0 Å². The van der Waals surface area contributed by atoms with Crippen molar-refractivity contribution >= 4 is 11.6 Å². The normalized spacial score (nSPS) is 19.9. The largest absolute Gasteiger partial charge is 0.497 e. The highest BCUT2D eigenvalue weighted by Crippen LogP contribution is 2.23. The van der Waals surface area contributed by atoms with Gasteiger partial charge < -0.3 is 20.1 Å². The lowest BCUT2D eigenvalue weighted by molar-refractivity contribution is -0.122. The van der Waals surface area contributed by atoms with Gasteiger partial charge in [0.05, 0.1) is 13.7 Å². The van der Waals surface area contributed by atoms with Crippen LogP contribution in [0.15, 0.2) is 54.6 Å². The predicted molar refractivity (Wildman–Crippen MR) is 98.0 cm³/mol. The van der Waals surface area contributed by atoms with Gasteiger partial charge in [0, 0.05) is 24.1 Å². The summed E-state index contributed by atoms with van der Waals surface area (Å²) in [6.07, 6.45) is 0.810. The van der Waals surface area contributed by atoms with Crippen LogP contribution in [0.25, 0.3) is 0 Å². The van der Waals surface area contributed by atoms with Gasteiger partial charge in [0.2, 0.25) is 5.91 Å². The van der Waals surface area contributed by atoms with E-state index in [2.05, 4.69) is 10.6 Å². The number of benzene rings is 2. The number of nitrogens with one attached hydrogen (secondary N) is 2. The van der Waals surface area contributed by atoms with Crippen molar-refractivity contribution in [2.75, 3.05) is 32.1 Å². The maximum Gasteiger partial charge on any atom is 0.227 e. The van der Waals surface area contributed by atoms with Crippen molar-refractivity contribution in [2.24, 2.45) is 11.8 Å². The maximum absolute atomic E-state index is 12.7. The van der Waals surface area contributed by atoms with Crippen molar-refractivity contribution in [1.82, 2.24) is 5.32 Å². The molecule has 0 saturated carbocycles. The summed E-state index contributed by atoms with van der Waals surface area (Å²) in [5.74, 6) is 1.74. The van der Waals surface area contributed by atoms with Gasteiger partial charge in [0.15, 0.2) is 0 Å². The van der Waals surface area contributed by atoms with Crippen LogP contribution in [0.2, 0.25) is 0 Å². The van der Waals surface area contributed by atoms with Crippen molar-refractivity contribution < 1.29 is 14.3 Å². The van der Waals surface area contributed by atoms with Crippen molar-refractivity contribution in [1.29, 1.82) is 0 Å². The number of hydrogen-bond acceptors (Lipinski definition) is 4. The van der Waals surface area contributed by atoms with Gasteiger partial charge >= 0.3 is 0 Å². The van der Waals surface area contributed by atoms with E-state index in [-0.39, 0.29) is 17.7 Å². The van der Waals surface area contributed by atoms with Crippen LogP contribution in [0.1, 0.15) is 6.42 Å². The Morgan fingerprint density at radius 3 is 2.60 bits per heavy atom. The molecule has 5 nitrogen and oxygen atoms in total. The average Bonchev–Trinajstić information content (AvgIpc) is 2.68. The molecule has 0 aromatic heterocycles. The highest BCUT2D eigenvalue weighted by atomic mass is 16.5. The minimum Gasteiger partial charge on any atom is -0.497 e. The Kier molecular flexibility index (Phi) is 5.90. The molecule has 2 aromatic rings. The third kappa shape index (κ3) is 4.73. The first-order chi connectivity index (χ1) is 12.3. The summed E-state index contributed by atoms with van der Waals surface area (Å²) in [7, 11) is 1.62. The molecule has 0 aliphatic carbocycles. The van der Waals surface area contributed by atoms with Crippen LogP contribution in [-0.2, 0) is 4.79 Å². The van der Waals surface area contributed by atoms with E-state index in [0.29, 0.717) is 6.61 Å². The minimum absolute atomic E-state index is 0.0494. The molecule has 2 atom stereocenters. The summed E-state index contributed by atoms with van der Waals surface area (Å²) in [4.78, 5) is 12.7. The van der Waals surface area contributed by atoms with E-state index in [0.717, 1.165) is 36.7 Å². The molecule has 1 saturated heterocycles. The number of amides is 1. The number of hydrogen-bond donors (Lipinski definition) is 2. The second-order valence-corrected chi connectivity index (χ2v) is 6.20. The van der Waals surface area contributed by atoms with Crippen LogP contribution >= 0.6 is 0 Å². The zero-order valence-corrected chi connectivity index (χ0v) is 14.4. The van der Waals surface area contributed by atoms with Crippen molar-refractivity contribution in [3.63, 3.8) is 0 Å².